The molecular formula is C17H30O. The third-order valence-electron chi connectivity index (χ3n) is 3.83. The zero-order valence-electron chi connectivity index (χ0n) is 12.3. The highest BCUT2D eigenvalue weighted by molar-refractivity contribution is 5.12. The van der Waals surface area contributed by atoms with Gasteiger partial charge in [0.15, 0.2) is 0 Å². The predicted molar refractivity (Wildman–Crippen MR) is 79.0 cm³/mol. The molecule has 1 heteroatoms. The van der Waals surface area contributed by atoms with Crippen LogP contribution in [0.4, 0.5) is 0 Å². The molecule has 1 nitrogen and oxygen atoms in total. The van der Waals surface area contributed by atoms with Gasteiger partial charge in [-0.3, -0.25) is 0 Å². The van der Waals surface area contributed by atoms with Gasteiger partial charge in [0.05, 0.1) is 12.5 Å². The van der Waals surface area contributed by atoms with E-state index in [0.717, 1.165) is 5.92 Å². The molecule has 0 radical (unpaired) electrons. The van der Waals surface area contributed by atoms with E-state index in [2.05, 4.69) is 19.9 Å². The summed E-state index contributed by atoms with van der Waals surface area (Å²) < 4.78 is 5.25. The van der Waals surface area contributed by atoms with Crippen molar-refractivity contribution in [1.29, 1.82) is 0 Å². The van der Waals surface area contributed by atoms with Crippen molar-refractivity contribution in [2.24, 2.45) is 0 Å². The van der Waals surface area contributed by atoms with Gasteiger partial charge in [-0.05, 0) is 30.4 Å². The van der Waals surface area contributed by atoms with Crippen LogP contribution in [0.15, 0.2) is 23.0 Å². The Balaban J connectivity index is 2.29. The Hall–Kier alpha value is -0.720. The zero-order chi connectivity index (χ0) is 13.1. The molecule has 0 spiro atoms. The van der Waals surface area contributed by atoms with E-state index in [9.17, 15) is 0 Å². The normalized spacial score (nSPS) is 11.3. The monoisotopic (exact) mass is 250 g/mol. The summed E-state index contributed by atoms with van der Waals surface area (Å²) in [5.74, 6) is 0.734. The summed E-state index contributed by atoms with van der Waals surface area (Å²) >= 11 is 0. The fourth-order valence-electron chi connectivity index (χ4n) is 2.62. The van der Waals surface area contributed by atoms with E-state index < -0.39 is 0 Å². The highest BCUT2D eigenvalue weighted by Crippen LogP contribution is 2.28. The van der Waals surface area contributed by atoms with Crippen LogP contribution in [0.2, 0.25) is 0 Å². The summed E-state index contributed by atoms with van der Waals surface area (Å²) in [7, 11) is 0. The van der Waals surface area contributed by atoms with Crippen molar-refractivity contribution < 1.29 is 4.42 Å². The number of hydrogen-bond donors (Lipinski definition) is 0. The first-order valence-corrected chi connectivity index (χ1v) is 7.90. The summed E-state index contributed by atoms with van der Waals surface area (Å²) in [4.78, 5) is 0. The van der Waals surface area contributed by atoms with Crippen LogP contribution in [-0.4, -0.2) is 0 Å². The first-order valence-electron chi connectivity index (χ1n) is 7.90. The summed E-state index contributed by atoms with van der Waals surface area (Å²) in [6, 6.07) is 2.16. The molecule has 104 valence electrons. The minimum absolute atomic E-state index is 0.734. The predicted octanol–water partition coefficient (Wildman–Crippen LogP) is 6.30. The van der Waals surface area contributed by atoms with Crippen molar-refractivity contribution in [2.45, 2.75) is 84.0 Å². The lowest BCUT2D eigenvalue weighted by Crippen LogP contribution is -1.98. The first kappa shape index (κ1) is 15.3. The third kappa shape index (κ3) is 6.28. The van der Waals surface area contributed by atoms with Crippen molar-refractivity contribution in [3.05, 3.63) is 24.2 Å². The minimum atomic E-state index is 0.734. The lowest BCUT2D eigenvalue weighted by Gasteiger charge is -2.15. The largest absolute Gasteiger partial charge is 0.472 e. The molecule has 1 aromatic heterocycles. The van der Waals surface area contributed by atoms with Gasteiger partial charge in [-0.25, -0.2) is 0 Å². The molecular weight excluding hydrogens is 220 g/mol. The molecule has 0 N–H and O–H groups in total. The van der Waals surface area contributed by atoms with Gasteiger partial charge in [-0.15, -0.1) is 0 Å². The van der Waals surface area contributed by atoms with Crippen molar-refractivity contribution in [3.63, 3.8) is 0 Å². The van der Waals surface area contributed by atoms with E-state index in [-0.39, 0.29) is 0 Å². The van der Waals surface area contributed by atoms with Crippen LogP contribution in [0.5, 0.6) is 0 Å². The molecule has 0 saturated carbocycles. The molecule has 1 heterocycles. The van der Waals surface area contributed by atoms with Crippen molar-refractivity contribution in [2.75, 3.05) is 0 Å². The molecule has 0 aliphatic heterocycles. The third-order valence-corrected chi connectivity index (χ3v) is 3.83. The Morgan fingerprint density at radius 1 is 0.889 bits per heavy atom. The van der Waals surface area contributed by atoms with Crippen LogP contribution in [0.3, 0.4) is 0 Å². The minimum Gasteiger partial charge on any atom is -0.472 e. The Morgan fingerprint density at radius 3 is 1.94 bits per heavy atom. The standard InChI is InChI=1S/C17H30O/c1-3-5-7-9-11-16(12-10-8-6-4-2)17-13-14-18-15-17/h13-16H,3-12H2,1-2H3. The molecule has 1 aromatic rings. The van der Waals surface area contributed by atoms with Crippen molar-refractivity contribution in [1.82, 2.24) is 0 Å². The van der Waals surface area contributed by atoms with E-state index in [0.29, 0.717) is 0 Å². The van der Waals surface area contributed by atoms with Gasteiger partial charge in [0.2, 0.25) is 0 Å². The lowest BCUT2D eigenvalue weighted by molar-refractivity contribution is 0.488. The molecule has 0 unspecified atom stereocenters. The molecule has 0 bridgehead atoms. The van der Waals surface area contributed by atoms with Crippen LogP contribution < -0.4 is 0 Å². The van der Waals surface area contributed by atoms with E-state index >= 15 is 0 Å². The Labute approximate surface area is 113 Å². The second kappa shape index (κ2) is 10.2. The van der Waals surface area contributed by atoms with Gasteiger partial charge < -0.3 is 4.42 Å². The Bertz CT molecular complexity index is 251. The summed E-state index contributed by atoms with van der Waals surface area (Å²) in [5.41, 5.74) is 1.42. The van der Waals surface area contributed by atoms with E-state index in [1.165, 1.54) is 69.8 Å². The van der Waals surface area contributed by atoms with Crippen LogP contribution in [-0.2, 0) is 0 Å². The highest BCUT2D eigenvalue weighted by Gasteiger charge is 2.12. The smallest absolute Gasteiger partial charge is 0.0937 e. The first-order chi connectivity index (χ1) is 8.88. The van der Waals surface area contributed by atoms with Crippen molar-refractivity contribution >= 4 is 0 Å². The quantitative estimate of drug-likeness (QED) is 0.420. The molecule has 0 amide bonds. The molecule has 0 fully saturated rings. The second-order valence-electron chi connectivity index (χ2n) is 5.45. The number of unbranched alkanes of at least 4 members (excludes halogenated alkanes) is 6. The number of furan rings is 1. The molecule has 0 saturated heterocycles. The fourth-order valence-corrected chi connectivity index (χ4v) is 2.62. The van der Waals surface area contributed by atoms with Crippen LogP contribution in [0.25, 0.3) is 0 Å². The fraction of sp³-hybridized carbons (Fsp3) is 0.765. The van der Waals surface area contributed by atoms with Gasteiger partial charge in [-0.1, -0.05) is 65.2 Å². The summed E-state index contributed by atoms with van der Waals surface area (Å²) in [6.45, 7) is 4.55. The van der Waals surface area contributed by atoms with Crippen molar-refractivity contribution in [3.8, 4) is 0 Å². The maximum atomic E-state index is 5.25. The van der Waals surface area contributed by atoms with E-state index in [4.69, 9.17) is 4.42 Å². The topological polar surface area (TPSA) is 13.1 Å². The number of hydrogen-bond acceptors (Lipinski definition) is 1. The zero-order valence-corrected chi connectivity index (χ0v) is 12.3. The second-order valence-corrected chi connectivity index (χ2v) is 5.45. The Kier molecular flexibility index (Phi) is 8.71. The molecule has 0 aromatic carbocycles. The SMILES string of the molecule is CCCCCCC(CCCCCC)c1ccoc1. The van der Waals surface area contributed by atoms with Gasteiger partial charge in [0, 0.05) is 0 Å². The van der Waals surface area contributed by atoms with Gasteiger partial charge in [-0.2, -0.15) is 0 Å². The molecule has 0 aliphatic carbocycles. The lowest BCUT2D eigenvalue weighted by atomic mass is 9.90. The Morgan fingerprint density at radius 2 is 1.50 bits per heavy atom. The van der Waals surface area contributed by atoms with Crippen LogP contribution in [0.1, 0.15) is 89.5 Å². The van der Waals surface area contributed by atoms with E-state index in [1.54, 1.807) is 0 Å². The maximum Gasteiger partial charge on any atom is 0.0937 e. The van der Waals surface area contributed by atoms with E-state index in [1.807, 2.05) is 12.5 Å². The van der Waals surface area contributed by atoms with Gasteiger partial charge in [0.25, 0.3) is 0 Å². The van der Waals surface area contributed by atoms with Crippen LogP contribution >= 0.6 is 0 Å². The highest BCUT2D eigenvalue weighted by atomic mass is 16.3. The average molecular weight is 250 g/mol. The average Bonchev–Trinajstić information content (AvgIpc) is 2.91. The molecule has 1 rings (SSSR count). The van der Waals surface area contributed by atoms with Gasteiger partial charge >= 0.3 is 0 Å². The molecule has 0 atom stereocenters. The summed E-state index contributed by atoms with van der Waals surface area (Å²) in [6.07, 6.45) is 17.4. The molecule has 0 aliphatic rings. The maximum absolute atomic E-state index is 5.25. The van der Waals surface area contributed by atoms with Crippen LogP contribution in [0, 0.1) is 0 Å². The molecule has 18 heavy (non-hydrogen) atoms. The van der Waals surface area contributed by atoms with Gasteiger partial charge in [0.1, 0.15) is 0 Å². The number of rotatable bonds is 11. The summed E-state index contributed by atoms with van der Waals surface area (Å²) in [5, 5.41) is 0.